The third kappa shape index (κ3) is 18.2. The third-order valence-electron chi connectivity index (χ3n) is 20.6. The lowest BCUT2D eigenvalue weighted by Gasteiger charge is -2.51. The van der Waals surface area contributed by atoms with Crippen LogP contribution in [0.1, 0.15) is 27.7 Å². The van der Waals surface area contributed by atoms with Crippen molar-refractivity contribution in [1.29, 1.82) is 0 Å². The van der Waals surface area contributed by atoms with Gasteiger partial charge in [0, 0.05) is 23.7 Å². The maximum absolute atomic E-state index is 12.5. The number of aliphatic hydroxyl groups is 24. The number of hydrogen-bond donors (Lipinski definition) is 25. The minimum Gasteiger partial charge on any atom is -0.394 e. The van der Waals surface area contributed by atoms with E-state index >= 15 is 0 Å². The van der Waals surface area contributed by atoms with Crippen molar-refractivity contribution in [1.82, 2.24) is 5.32 Å². The molecule has 19 unspecified atom stereocenters. The number of hydrogen-bond acceptors (Lipinski definition) is 42. The van der Waals surface area contributed by atoms with E-state index in [4.69, 9.17) is 80.5 Å². The van der Waals surface area contributed by atoms with Crippen LogP contribution in [0.15, 0.2) is 0 Å². The van der Waals surface area contributed by atoms with Crippen LogP contribution in [0, 0.1) is 23.7 Å². The van der Waals surface area contributed by atoms with E-state index in [-0.39, 0.29) is 5.33 Å². The molecule has 104 heavy (non-hydrogen) atoms. The molecule has 1 amide bonds. The summed E-state index contributed by atoms with van der Waals surface area (Å²) < 4.78 is 102. The molecule has 9 aliphatic rings. The first-order chi connectivity index (χ1) is 49.4. The highest BCUT2D eigenvalue weighted by molar-refractivity contribution is 9.09. The summed E-state index contributed by atoms with van der Waals surface area (Å²) in [6.45, 7) is -2.98. The molecule has 606 valence electrons. The predicted octanol–water partition coefficient (Wildman–Crippen LogP) is -15.0. The summed E-state index contributed by atoms with van der Waals surface area (Å²) in [4.78, 5) is 12.3. The van der Waals surface area contributed by atoms with Gasteiger partial charge in [0.15, 0.2) is 50.3 Å². The number of aliphatic hydroxyl groups excluding tert-OH is 24. The molecule has 25 N–H and O–H groups in total. The fourth-order valence-corrected chi connectivity index (χ4v) is 14.1. The lowest BCUT2D eigenvalue weighted by Crippen LogP contribution is -2.68. The van der Waals surface area contributed by atoms with Gasteiger partial charge >= 0.3 is 0 Å². The highest BCUT2D eigenvalue weighted by Crippen LogP contribution is 2.42. The average molecular weight is 1590 g/mol. The smallest absolute Gasteiger partial charge is 0.232 e. The first-order valence-corrected chi connectivity index (χ1v) is 35.2. The molecule has 45 atom stereocenters. The van der Waals surface area contributed by atoms with Crippen LogP contribution in [0.5, 0.6) is 0 Å². The van der Waals surface area contributed by atoms with Crippen LogP contribution >= 0.6 is 15.9 Å². The number of halogens is 1. The lowest BCUT2D eigenvalue weighted by atomic mass is 9.89. The van der Waals surface area contributed by atoms with E-state index in [1.807, 2.05) is 0 Å². The number of carbonyl (C=O) groups is 1. The zero-order valence-corrected chi connectivity index (χ0v) is 58.1. The van der Waals surface area contributed by atoms with Crippen LogP contribution in [0.25, 0.3) is 0 Å². The van der Waals surface area contributed by atoms with E-state index in [2.05, 4.69) is 21.2 Å². The topological polar surface area (TPSA) is 672 Å². The van der Waals surface area contributed by atoms with Crippen molar-refractivity contribution in [2.45, 2.75) is 280 Å². The Bertz CT molecular complexity index is 2600. The monoisotopic (exact) mass is 1590 g/mol. The van der Waals surface area contributed by atoms with E-state index in [1.165, 1.54) is 27.7 Å². The first-order valence-electron chi connectivity index (χ1n) is 34.1. The second-order valence-electron chi connectivity index (χ2n) is 27.4. The number of ether oxygens (including phenoxy) is 17. The molecule has 0 aliphatic carbocycles. The number of carbonyl (C=O) groups excluding carboxylic acids is 1. The predicted molar refractivity (Wildman–Crippen MR) is 329 cm³/mol. The number of amides is 1. The fourth-order valence-electron chi connectivity index (χ4n) is 13.9. The molecule has 9 saturated heterocycles. The van der Waals surface area contributed by atoms with Crippen LogP contribution in [-0.4, -0.2) is 445 Å². The molecule has 9 rings (SSSR count). The van der Waals surface area contributed by atoms with Gasteiger partial charge in [-0.15, -0.1) is 0 Å². The Kier molecular flexibility index (Phi) is 31.3. The van der Waals surface area contributed by atoms with Gasteiger partial charge in [0.25, 0.3) is 0 Å². The van der Waals surface area contributed by atoms with Crippen molar-refractivity contribution in [3.63, 3.8) is 0 Å². The fraction of sp³-hybridized carbons (Fsp3) is 0.983. The van der Waals surface area contributed by atoms with Gasteiger partial charge in [-0.2, -0.15) is 0 Å². The molecule has 0 aromatic carbocycles. The Morgan fingerprint density at radius 1 is 0.279 bits per heavy atom. The first kappa shape index (κ1) is 86.3. The lowest BCUT2D eigenvalue weighted by molar-refractivity contribution is -0.402. The van der Waals surface area contributed by atoms with Gasteiger partial charge < -0.3 is 208 Å². The molecule has 0 radical (unpaired) electrons. The molecule has 0 saturated carbocycles. The number of nitrogens with one attached hydrogen (secondary N) is 1. The molecule has 9 fully saturated rings. The molecular formula is C60H102BrNO42. The average Bonchev–Trinajstić information content (AvgIpc) is 0.783. The Hall–Kier alpha value is -1.69. The molecule has 0 aromatic heterocycles. The normalized spacial score (nSPS) is 52.0. The molecular weight excluding hydrogens is 1490 g/mol. The van der Waals surface area contributed by atoms with Crippen molar-refractivity contribution >= 4 is 21.8 Å². The van der Waals surface area contributed by atoms with Crippen LogP contribution in [0.2, 0.25) is 0 Å². The van der Waals surface area contributed by atoms with Gasteiger partial charge in [-0.25, -0.2) is 0 Å². The van der Waals surface area contributed by atoms with Gasteiger partial charge in [-0.05, 0) is 0 Å². The van der Waals surface area contributed by atoms with E-state index in [0.717, 1.165) is 0 Å². The van der Waals surface area contributed by atoms with E-state index in [9.17, 15) is 127 Å². The van der Waals surface area contributed by atoms with Crippen molar-refractivity contribution in [3.8, 4) is 0 Å². The highest BCUT2D eigenvalue weighted by Gasteiger charge is 2.60. The molecule has 43 nitrogen and oxygen atoms in total. The summed E-state index contributed by atoms with van der Waals surface area (Å²) in [7, 11) is 0. The van der Waals surface area contributed by atoms with Crippen molar-refractivity contribution < 1.29 is 208 Å². The maximum atomic E-state index is 12.5. The number of alkyl halides is 1. The number of rotatable bonds is 27. The van der Waals surface area contributed by atoms with Crippen LogP contribution in [0.4, 0.5) is 0 Å². The van der Waals surface area contributed by atoms with Gasteiger partial charge in [0.2, 0.25) is 5.91 Å². The Morgan fingerprint density at radius 3 is 0.933 bits per heavy atom. The van der Waals surface area contributed by atoms with Crippen LogP contribution in [0.3, 0.4) is 0 Å². The van der Waals surface area contributed by atoms with Gasteiger partial charge in [-0.1, -0.05) is 43.6 Å². The molecule has 44 heteroatoms. The van der Waals surface area contributed by atoms with E-state index < -0.39 is 341 Å². The molecule has 9 heterocycles. The molecule has 9 aliphatic heterocycles. The van der Waals surface area contributed by atoms with Gasteiger partial charge in [-0.3, -0.25) is 4.79 Å². The largest absolute Gasteiger partial charge is 0.394 e. The van der Waals surface area contributed by atoms with Crippen LogP contribution < -0.4 is 5.32 Å². The van der Waals surface area contributed by atoms with Crippen LogP contribution in [-0.2, 0) is 85.3 Å². The summed E-state index contributed by atoms with van der Waals surface area (Å²) in [6.07, 6.45) is -74.8. The highest BCUT2D eigenvalue weighted by atomic mass is 79.9. The van der Waals surface area contributed by atoms with Gasteiger partial charge in [0.05, 0.1) is 89.2 Å². The zero-order valence-electron chi connectivity index (χ0n) is 56.5. The maximum Gasteiger partial charge on any atom is 0.232 e. The van der Waals surface area contributed by atoms with Gasteiger partial charge in [0.1, 0.15) is 177 Å². The zero-order chi connectivity index (χ0) is 76.4. The minimum atomic E-state index is -2.36. The summed E-state index contributed by atoms with van der Waals surface area (Å²) in [5.74, 6) is -5.24. The summed E-state index contributed by atoms with van der Waals surface area (Å²) in [6, 6.07) is 0. The third-order valence-corrected chi connectivity index (χ3v) is 21.1. The standard InChI is InChI=1S/C60H102BrNO42/c1-15-29(72)45(23(10-67)89-52(15)62-28(71)5-61)98-53-16(2)30(73)48(26(13-70)94-53)101-58-44(87)49(102-60-51(41(84)36(79)22(9-66)93-60)104-55-18(4)32(75)47(25(12-69)96-55)100-57-43(86)39(82)34(77)20(7-64)91-57)37(80)27(97-58)14-88-59-50(40(83)35(78)21(8-65)92-59)103-54-17(3)31(74)46(24(11-68)95-54)99-56-42(85)38(81)33(76)19(6-63)90-56/h15-27,29-60,63-70,72-87H,5-14H2,1-4H3,(H,62,71)/t15-,16-,17?,18-,19?,20?,21?,22+,23?,24-,25?,26?,27?,29?,30?,31?,32?,33-,34-,35+,36+,37+,38-,39?,40?,41?,42?,43-,44+,45+,46+,47+,48+,49?,50+,51?,52+,53-,54-,55-,56?,57-,58-,59-,60+/m0/s1. The molecule has 0 spiro atoms. The SMILES string of the molecule is CC1C(O)[C@H](OC2OC(CO)[C@H](O)[C@H](O)C2O)[C@H](CO)O[C@H]1O[C@@H]1C(O)[C@H](O)C(CO)O[C@@H]1OCC1O[C@@H](O[C@@H]2C(CO)O[C@@H](O[C@@H]3C(CO)O[C@@H](NC(=O)CBr)[C@@H](C)C3O)[C@@H](C)C2O)[C@H](O)C(O[C@H]2O[C@H](CO)[C@@H](O)C(O)C2O[C@@H]2OC(CO)[C@@H](O[C@@H]3OC(CO)[C@H](O)C(O)[C@@H]3O)C(O)[C@@H]2C)[C@@H]1O. The van der Waals surface area contributed by atoms with E-state index in [0.29, 0.717) is 0 Å². The second kappa shape index (κ2) is 37.8. The van der Waals surface area contributed by atoms with Crippen molar-refractivity contribution in [2.75, 3.05) is 64.8 Å². The summed E-state index contributed by atoms with van der Waals surface area (Å²) >= 11 is 3.04. The Balaban J connectivity index is 0.987. The van der Waals surface area contributed by atoms with Crippen molar-refractivity contribution in [2.24, 2.45) is 23.7 Å². The Morgan fingerprint density at radius 2 is 0.558 bits per heavy atom. The Labute approximate surface area is 601 Å². The minimum absolute atomic E-state index is 0.127. The summed E-state index contributed by atoms with van der Waals surface area (Å²) in [5.41, 5.74) is 0. The van der Waals surface area contributed by atoms with Crippen molar-refractivity contribution in [3.05, 3.63) is 0 Å². The quantitative estimate of drug-likeness (QED) is 0.0340. The second-order valence-corrected chi connectivity index (χ2v) is 28.0. The molecule has 0 bridgehead atoms. The summed E-state index contributed by atoms with van der Waals surface area (Å²) in [5, 5.41) is 266. The van der Waals surface area contributed by atoms with E-state index in [1.54, 1.807) is 0 Å². The molecule has 0 aromatic rings.